The minimum atomic E-state index is -0.498. The summed E-state index contributed by atoms with van der Waals surface area (Å²) in [4.78, 5) is 37.2. The highest BCUT2D eigenvalue weighted by Crippen LogP contribution is 2.42. The molecule has 1 unspecified atom stereocenters. The second-order valence-electron chi connectivity index (χ2n) is 6.60. The number of nitrogens with zero attached hydrogens (tertiary/aromatic N) is 1. The van der Waals surface area contributed by atoms with Gasteiger partial charge in [0.05, 0.1) is 17.9 Å². The van der Waals surface area contributed by atoms with E-state index < -0.39 is 5.97 Å². The summed E-state index contributed by atoms with van der Waals surface area (Å²) in [6.45, 7) is 3.53. The van der Waals surface area contributed by atoms with Gasteiger partial charge in [0, 0.05) is 12.6 Å². The zero-order valence-electron chi connectivity index (χ0n) is 16.1. The standard InChI is InChI=1S/C21H21FN2O4S/c1-13-11-16(21(27)28-10-9-23-14(2)25)5-8-18(13)24-19(26)12-29-20(24)15-3-6-17(22)7-4-15/h3-8,11,20H,9-10,12H2,1-2H3,(H,23,25). The Morgan fingerprint density at radius 3 is 2.62 bits per heavy atom. The maximum Gasteiger partial charge on any atom is 0.338 e. The molecule has 1 aliphatic heterocycles. The van der Waals surface area contributed by atoms with E-state index in [1.54, 1.807) is 35.2 Å². The number of benzene rings is 2. The molecule has 0 aromatic heterocycles. The third-order valence-corrected chi connectivity index (χ3v) is 5.64. The molecule has 0 saturated carbocycles. The molecule has 6 nitrogen and oxygen atoms in total. The molecule has 3 rings (SSSR count). The van der Waals surface area contributed by atoms with Gasteiger partial charge in [0.2, 0.25) is 11.8 Å². The molecular weight excluding hydrogens is 395 g/mol. The topological polar surface area (TPSA) is 75.7 Å². The van der Waals surface area contributed by atoms with Gasteiger partial charge in [-0.2, -0.15) is 0 Å². The summed E-state index contributed by atoms with van der Waals surface area (Å²) in [5, 5.41) is 2.30. The van der Waals surface area contributed by atoms with Gasteiger partial charge in [-0.05, 0) is 48.4 Å². The van der Waals surface area contributed by atoms with E-state index in [1.165, 1.54) is 30.8 Å². The Kier molecular flexibility index (Phi) is 6.53. The Bertz CT molecular complexity index is 933. The van der Waals surface area contributed by atoms with Crippen LogP contribution in [0.15, 0.2) is 42.5 Å². The molecule has 2 aromatic rings. The molecule has 1 atom stereocenters. The van der Waals surface area contributed by atoms with Crippen molar-refractivity contribution in [1.29, 1.82) is 0 Å². The minimum absolute atomic E-state index is 0.0435. The van der Waals surface area contributed by atoms with Gasteiger partial charge in [0.15, 0.2) is 0 Å². The Morgan fingerprint density at radius 1 is 1.24 bits per heavy atom. The lowest BCUT2D eigenvalue weighted by Crippen LogP contribution is -2.28. The molecule has 1 saturated heterocycles. The Balaban J connectivity index is 1.76. The van der Waals surface area contributed by atoms with E-state index in [4.69, 9.17) is 4.74 Å². The van der Waals surface area contributed by atoms with E-state index in [1.807, 2.05) is 6.92 Å². The molecule has 0 aliphatic carbocycles. The number of rotatable bonds is 6. The normalized spacial score (nSPS) is 16.0. The predicted molar refractivity (Wildman–Crippen MR) is 109 cm³/mol. The summed E-state index contributed by atoms with van der Waals surface area (Å²) < 4.78 is 18.4. The first-order valence-electron chi connectivity index (χ1n) is 9.08. The van der Waals surface area contributed by atoms with E-state index in [0.717, 1.165) is 11.1 Å². The van der Waals surface area contributed by atoms with E-state index in [-0.39, 0.29) is 36.2 Å². The number of aryl methyl sites for hydroxylation is 1. The number of carbonyl (C=O) groups is 3. The maximum absolute atomic E-state index is 13.3. The largest absolute Gasteiger partial charge is 0.460 e. The van der Waals surface area contributed by atoms with Crippen LogP contribution in [-0.4, -0.2) is 36.7 Å². The summed E-state index contributed by atoms with van der Waals surface area (Å²) in [6.07, 6.45) is 0. The summed E-state index contributed by atoms with van der Waals surface area (Å²) in [7, 11) is 0. The van der Waals surface area contributed by atoms with E-state index >= 15 is 0 Å². The molecule has 1 fully saturated rings. The van der Waals surface area contributed by atoms with Crippen LogP contribution >= 0.6 is 11.8 Å². The minimum Gasteiger partial charge on any atom is -0.460 e. The first-order valence-corrected chi connectivity index (χ1v) is 10.1. The van der Waals surface area contributed by atoms with Crippen LogP contribution in [0.25, 0.3) is 0 Å². The van der Waals surface area contributed by atoms with Crippen LogP contribution in [0.1, 0.15) is 33.8 Å². The van der Waals surface area contributed by atoms with Crippen molar-refractivity contribution < 1.29 is 23.5 Å². The molecule has 1 aliphatic rings. The summed E-state index contributed by atoms with van der Waals surface area (Å²) in [6, 6.07) is 11.1. The van der Waals surface area contributed by atoms with E-state index in [0.29, 0.717) is 17.0 Å². The number of halogens is 1. The lowest BCUT2D eigenvalue weighted by Gasteiger charge is -2.26. The summed E-state index contributed by atoms with van der Waals surface area (Å²) >= 11 is 1.48. The maximum atomic E-state index is 13.3. The lowest BCUT2D eigenvalue weighted by atomic mass is 10.1. The number of ether oxygens (including phenoxy) is 1. The van der Waals surface area contributed by atoms with Crippen molar-refractivity contribution in [3.63, 3.8) is 0 Å². The van der Waals surface area contributed by atoms with Crippen molar-refractivity contribution in [3.8, 4) is 0 Å². The van der Waals surface area contributed by atoms with Crippen molar-refractivity contribution in [2.75, 3.05) is 23.8 Å². The second kappa shape index (κ2) is 9.09. The second-order valence-corrected chi connectivity index (χ2v) is 7.67. The average molecular weight is 416 g/mol. The quantitative estimate of drug-likeness (QED) is 0.578. The zero-order chi connectivity index (χ0) is 21.0. The van der Waals surface area contributed by atoms with E-state index in [9.17, 15) is 18.8 Å². The van der Waals surface area contributed by atoms with Gasteiger partial charge in [0.1, 0.15) is 17.8 Å². The Labute approximate surface area is 172 Å². The fourth-order valence-corrected chi connectivity index (χ4v) is 4.23. The van der Waals surface area contributed by atoms with Crippen LogP contribution in [0.3, 0.4) is 0 Å². The molecule has 29 heavy (non-hydrogen) atoms. The number of hydrogen-bond donors (Lipinski definition) is 1. The summed E-state index contributed by atoms with van der Waals surface area (Å²) in [5.41, 5.74) is 2.66. The fourth-order valence-electron chi connectivity index (χ4n) is 3.07. The molecule has 0 spiro atoms. The van der Waals surface area contributed by atoms with Crippen molar-refractivity contribution in [2.24, 2.45) is 0 Å². The third-order valence-electron chi connectivity index (χ3n) is 4.42. The smallest absolute Gasteiger partial charge is 0.338 e. The molecule has 0 radical (unpaired) electrons. The van der Waals surface area contributed by atoms with Gasteiger partial charge < -0.3 is 10.1 Å². The number of carbonyl (C=O) groups excluding carboxylic acids is 3. The number of hydrogen-bond acceptors (Lipinski definition) is 5. The first-order chi connectivity index (χ1) is 13.9. The number of anilines is 1. The van der Waals surface area contributed by atoms with Gasteiger partial charge >= 0.3 is 5.97 Å². The average Bonchev–Trinajstić information content (AvgIpc) is 3.06. The molecule has 152 valence electrons. The SMILES string of the molecule is CC(=O)NCCOC(=O)c1ccc(N2C(=O)CSC2c2ccc(F)cc2)c(C)c1. The molecule has 0 bridgehead atoms. The van der Waals surface area contributed by atoms with Crippen LogP contribution in [-0.2, 0) is 14.3 Å². The van der Waals surface area contributed by atoms with Gasteiger partial charge in [-0.1, -0.05) is 12.1 Å². The van der Waals surface area contributed by atoms with E-state index in [2.05, 4.69) is 5.32 Å². The predicted octanol–water partition coefficient (Wildman–Crippen LogP) is 3.21. The van der Waals surface area contributed by atoms with Gasteiger partial charge in [-0.15, -0.1) is 11.8 Å². The van der Waals surface area contributed by atoms with Crippen LogP contribution in [0.4, 0.5) is 10.1 Å². The molecule has 8 heteroatoms. The fraction of sp³-hybridized carbons (Fsp3) is 0.286. The number of amides is 2. The highest BCUT2D eigenvalue weighted by molar-refractivity contribution is 8.00. The van der Waals surface area contributed by atoms with Crippen molar-refractivity contribution in [3.05, 3.63) is 65.0 Å². The number of thioether (sulfide) groups is 1. The Morgan fingerprint density at radius 2 is 1.97 bits per heavy atom. The molecular formula is C21H21FN2O4S. The number of esters is 1. The van der Waals surface area contributed by atoms with Gasteiger partial charge in [-0.3, -0.25) is 14.5 Å². The highest BCUT2D eigenvalue weighted by atomic mass is 32.2. The van der Waals surface area contributed by atoms with Crippen molar-refractivity contribution in [2.45, 2.75) is 19.2 Å². The first kappa shape index (κ1) is 20.9. The molecule has 1 heterocycles. The van der Waals surface area contributed by atoms with Crippen molar-refractivity contribution in [1.82, 2.24) is 5.32 Å². The van der Waals surface area contributed by atoms with Gasteiger partial charge in [0.25, 0.3) is 0 Å². The monoisotopic (exact) mass is 416 g/mol. The van der Waals surface area contributed by atoms with Gasteiger partial charge in [-0.25, -0.2) is 9.18 Å². The zero-order valence-corrected chi connectivity index (χ0v) is 16.9. The highest BCUT2D eigenvalue weighted by Gasteiger charge is 2.35. The summed E-state index contributed by atoms with van der Waals surface area (Å²) in [5.74, 6) is -0.730. The van der Waals surface area contributed by atoms with Crippen LogP contribution in [0.2, 0.25) is 0 Å². The lowest BCUT2D eigenvalue weighted by molar-refractivity contribution is -0.119. The van der Waals surface area contributed by atoms with Crippen LogP contribution in [0, 0.1) is 12.7 Å². The molecule has 2 aromatic carbocycles. The molecule has 1 N–H and O–H groups in total. The molecule has 2 amide bonds. The third kappa shape index (κ3) is 4.95. The Hall–Kier alpha value is -2.87. The van der Waals surface area contributed by atoms with Crippen LogP contribution < -0.4 is 10.2 Å². The van der Waals surface area contributed by atoms with Crippen LogP contribution in [0.5, 0.6) is 0 Å². The van der Waals surface area contributed by atoms with Crippen molar-refractivity contribution >= 4 is 35.2 Å². The number of nitrogens with one attached hydrogen (secondary N) is 1.